The highest BCUT2D eigenvalue weighted by Gasteiger charge is 2.09. The fourth-order valence-corrected chi connectivity index (χ4v) is 2.35. The number of hydrogen-bond donors (Lipinski definition) is 1. The van der Waals surface area contributed by atoms with Gasteiger partial charge in [-0.25, -0.2) is 9.97 Å². The van der Waals surface area contributed by atoms with Gasteiger partial charge in [0.15, 0.2) is 0 Å². The van der Waals surface area contributed by atoms with Gasteiger partial charge < -0.3 is 10.6 Å². The summed E-state index contributed by atoms with van der Waals surface area (Å²) in [5, 5.41) is 2.06. The molecule has 2 rings (SSSR count). The molecule has 2 heterocycles. The van der Waals surface area contributed by atoms with E-state index in [0.29, 0.717) is 6.54 Å². The van der Waals surface area contributed by atoms with E-state index >= 15 is 0 Å². The maximum Gasteiger partial charge on any atom is 0.225 e. The lowest BCUT2D eigenvalue weighted by molar-refractivity contribution is 0.845. The number of nitrogens with two attached hydrogens (primary N) is 1. The summed E-state index contributed by atoms with van der Waals surface area (Å²) in [7, 11) is 1.95. The first-order chi connectivity index (χ1) is 8.22. The third-order valence-corrected chi connectivity index (χ3v) is 3.40. The van der Waals surface area contributed by atoms with Crippen LogP contribution in [0.15, 0.2) is 23.7 Å². The summed E-state index contributed by atoms with van der Waals surface area (Å²) < 4.78 is 0. The van der Waals surface area contributed by atoms with Gasteiger partial charge in [0.25, 0.3) is 0 Å². The monoisotopic (exact) mass is 248 g/mol. The molecule has 0 saturated carbocycles. The smallest absolute Gasteiger partial charge is 0.225 e. The van der Waals surface area contributed by atoms with Gasteiger partial charge >= 0.3 is 0 Å². The number of anilines is 1. The molecule has 90 valence electrons. The van der Waals surface area contributed by atoms with Gasteiger partial charge in [-0.05, 0) is 23.9 Å². The van der Waals surface area contributed by atoms with Crippen LogP contribution in [0.25, 0.3) is 10.6 Å². The first-order valence-corrected chi connectivity index (χ1v) is 6.39. The Hall–Kier alpha value is -1.46. The predicted molar refractivity (Wildman–Crippen MR) is 72.4 cm³/mol. The van der Waals surface area contributed by atoms with E-state index in [4.69, 9.17) is 5.73 Å². The van der Waals surface area contributed by atoms with Crippen molar-refractivity contribution in [1.82, 2.24) is 9.97 Å². The van der Waals surface area contributed by atoms with Crippen LogP contribution in [0.3, 0.4) is 0 Å². The van der Waals surface area contributed by atoms with Crippen molar-refractivity contribution in [3.8, 4) is 10.6 Å². The summed E-state index contributed by atoms with van der Waals surface area (Å²) in [6, 6.07) is 4.11. The third-order valence-electron chi connectivity index (χ3n) is 2.52. The fourth-order valence-electron chi connectivity index (χ4n) is 1.57. The van der Waals surface area contributed by atoms with Crippen LogP contribution in [0.1, 0.15) is 5.56 Å². The second kappa shape index (κ2) is 5.25. The Morgan fingerprint density at radius 2 is 2.29 bits per heavy atom. The number of aromatic nitrogens is 2. The Kier molecular flexibility index (Phi) is 3.71. The molecule has 0 spiro atoms. The van der Waals surface area contributed by atoms with Gasteiger partial charge in [0.1, 0.15) is 0 Å². The van der Waals surface area contributed by atoms with Crippen LogP contribution >= 0.6 is 11.3 Å². The maximum atomic E-state index is 5.53. The highest BCUT2D eigenvalue weighted by atomic mass is 32.1. The zero-order valence-electron chi connectivity index (χ0n) is 10.1. The molecule has 0 aliphatic rings. The molecular formula is C12H16N4S. The van der Waals surface area contributed by atoms with E-state index in [1.54, 1.807) is 11.3 Å². The molecule has 0 aliphatic heterocycles. The van der Waals surface area contributed by atoms with Crippen LogP contribution in [0.2, 0.25) is 0 Å². The second-order valence-electron chi connectivity index (χ2n) is 3.89. The third kappa shape index (κ3) is 2.62. The van der Waals surface area contributed by atoms with Gasteiger partial charge in [-0.3, -0.25) is 0 Å². The normalized spacial score (nSPS) is 10.5. The molecular weight excluding hydrogens is 232 g/mol. The van der Waals surface area contributed by atoms with Gasteiger partial charge in [0.2, 0.25) is 5.95 Å². The average Bonchev–Trinajstić information content (AvgIpc) is 2.83. The molecule has 0 amide bonds. The molecule has 0 atom stereocenters. The van der Waals surface area contributed by atoms with Crippen LogP contribution < -0.4 is 10.6 Å². The van der Waals surface area contributed by atoms with E-state index in [-0.39, 0.29) is 0 Å². The maximum absolute atomic E-state index is 5.53. The summed E-state index contributed by atoms with van der Waals surface area (Å²) >= 11 is 1.69. The van der Waals surface area contributed by atoms with Crippen molar-refractivity contribution in [2.75, 3.05) is 25.0 Å². The van der Waals surface area contributed by atoms with E-state index in [9.17, 15) is 0 Å². The topological polar surface area (TPSA) is 55.0 Å². The van der Waals surface area contributed by atoms with Crippen molar-refractivity contribution in [3.63, 3.8) is 0 Å². The summed E-state index contributed by atoms with van der Waals surface area (Å²) in [4.78, 5) is 12.1. The second-order valence-corrected chi connectivity index (χ2v) is 4.84. The van der Waals surface area contributed by atoms with Crippen molar-refractivity contribution in [2.45, 2.75) is 6.92 Å². The van der Waals surface area contributed by atoms with Crippen molar-refractivity contribution < 1.29 is 0 Å². The molecule has 4 nitrogen and oxygen atoms in total. The number of thiophene rings is 1. The molecule has 0 radical (unpaired) electrons. The van der Waals surface area contributed by atoms with Gasteiger partial charge in [-0.2, -0.15) is 0 Å². The number of aryl methyl sites for hydroxylation is 1. The Bertz CT molecular complexity index is 481. The molecule has 5 heteroatoms. The summed E-state index contributed by atoms with van der Waals surface area (Å²) in [6.45, 7) is 3.39. The van der Waals surface area contributed by atoms with Crippen molar-refractivity contribution >= 4 is 17.3 Å². The van der Waals surface area contributed by atoms with Crippen LogP contribution in [0.4, 0.5) is 5.95 Å². The van der Waals surface area contributed by atoms with Crippen LogP contribution in [-0.4, -0.2) is 30.1 Å². The largest absolute Gasteiger partial charge is 0.343 e. The molecule has 2 N–H and O–H groups in total. The van der Waals surface area contributed by atoms with Crippen LogP contribution in [0, 0.1) is 6.92 Å². The molecule has 2 aromatic rings. The van der Waals surface area contributed by atoms with Crippen LogP contribution in [0.5, 0.6) is 0 Å². The van der Waals surface area contributed by atoms with Gasteiger partial charge in [0, 0.05) is 26.3 Å². The molecule has 2 aromatic heterocycles. The fraction of sp³-hybridized carbons (Fsp3) is 0.333. The lowest BCUT2D eigenvalue weighted by Gasteiger charge is -2.16. The molecule has 0 unspecified atom stereocenters. The lowest BCUT2D eigenvalue weighted by Crippen LogP contribution is -2.26. The Morgan fingerprint density at radius 1 is 1.47 bits per heavy atom. The Labute approximate surface area is 105 Å². The first kappa shape index (κ1) is 12.0. The van der Waals surface area contributed by atoms with E-state index in [1.807, 2.05) is 31.1 Å². The molecule has 0 saturated heterocycles. The molecule has 17 heavy (non-hydrogen) atoms. The zero-order valence-corrected chi connectivity index (χ0v) is 10.9. The number of nitrogens with zero attached hydrogens (tertiary/aromatic N) is 3. The van der Waals surface area contributed by atoms with Gasteiger partial charge in [-0.1, -0.05) is 6.07 Å². The number of rotatable bonds is 4. The predicted octanol–water partition coefficient (Wildman–Crippen LogP) is 1.91. The summed E-state index contributed by atoms with van der Waals surface area (Å²) in [5.74, 6) is 0.726. The Balaban J connectivity index is 2.36. The average molecular weight is 248 g/mol. The highest BCUT2D eigenvalue weighted by Crippen LogP contribution is 2.26. The number of likely N-dealkylation sites (N-methyl/N-ethyl adjacent to an activating group) is 1. The van der Waals surface area contributed by atoms with Gasteiger partial charge in [0.05, 0.1) is 10.6 Å². The van der Waals surface area contributed by atoms with E-state index < -0.39 is 0 Å². The van der Waals surface area contributed by atoms with Crippen LogP contribution in [-0.2, 0) is 0 Å². The quantitative estimate of drug-likeness (QED) is 0.898. The minimum atomic E-state index is 0.599. The van der Waals surface area contributed by atoms with E-state index in [0.717, 1.165) is 23.8 Å². The summed E-state index contributed by atoms with van der Waals surface area (Å²) in [6.07, 6.45) is 1.87. The minimum Gasteiger partial charge on any atom is -0.343 e. The lowest BCUT2D eigenvalue weighted by atomic mass is 10.2. The van der Waals surface area contributed by atoms with E-state index in [2.05, 4.69) is 21.4 Å². The van der Waals surface area contributed by atoms with Crippen molar-refractivity contribution in [1.29, 1.82) is 0 Å². The minimum absolute atomic E-state index is 0.599. The zero-order chi connectivity index (χ0) is 12.3. The van der Waals surface area contributed by atoms with Crippen molar-refractivity contribution in [2.24, 2.45) is 5.73 Å². The summed E-state index contributed by atoms with van der Waals surface area (Å²) in [5.41, 5.74) is 7.64. The molecule has 0 bridgehead atoms. The van der Waals surface area contributed by atoms with Crippen molar-refractivity contribution in [3.05, 3.63) is 29.3 Å². The number of hydrogen-bond acceptors (Lipinski definition) is 5. The highest BCUT2D eigenvalue weighted by molar-refractivity contribution is 7.13. The standard InChI is InChI=1S/C12H16N4S/c1-9-8-14-12(16(2)6-5-13)15-11(9)10-4-3-7-17-10/h3-4,7-8H,5-6,13H2,1-2H3. The molecule has 0 aliphatic carbocycles. The molecule has 0 aromatic carbocycles. The first-order valence-electron chi connectivity index (χ1n) is 5.51. The van der Waals surface area contributed by atoms with E-state index in [1.165, 1.54) is 4.88 Å². The van der Waals surface area contributed by atoms with Gasteiger partial charge in [-0.15, -0.1) is 11.3 Å². The SMILES string of the molecule is Cc1cnc(N(C)CCN)nc1-c1cccs1. The Morgan fingerprint density at radius 3 is 2.94 bits per heavy atom. The molecule has 0 fully saturated rings.